The van der Waals surface area contributed by atoms with Gasteiger partial charge in [-0.1, -0.05) is 12.1 Å². The molecule has 2 aromatic rings. The minimum absolute atomic E-state index is 0.0212. The van der Waals surface area contributed by atoms with Gasteiger partial charge in [0, 0.05) is 24.9 Å². The van der Waals surface area contributed by atoms with Crippen LogP contribution in [-0.2, 0) is 11.2 Å². The highest BCUT2D eigenvalue weighted by Crippen LogP contribution is 2.23. The molecule has 1 aromatic heterocycles. The van der Waals surface area contributed by atoms with Gasteiger partial charge in [-0.05, 0) is 40.2 Å². The fraction of sp³-hybridized carbons (Fsp3) is 0.214. The van der Waals surface area contributed by atoms with Crippen LogP contribution in [0.3, 0.4) is 0 Å². The molecular weight excluding hydrogens is 308 g/mol. The molecule has 1 aromatic carbocycles. The fourth-order valence-electron chi connectivity index (χ4n) is 1.62. The Morgan fingerprint density at radius 2 is 2.11 bits per heavy atom. The zero-order valence-electron chi connectivity index (χ0n) is 10.4. The van der Waals surface area contributed by atoms with E-state index in [1.54, 1.807) is 0 Å². The molecule has 0 bridgehead atoms. The van der Waals surface area contributed by atoms with Crippen LogP contribution in [0.1, 0.15) is 5.69 Å². The number of halogens is 1. The second-order valence-electron chi connectivity index (χ2n) is 4.01. The molecule has 4 nitrogen and oxygen atoms in total. The minimum atomic E-state index is -0.123. The quantitative estimate of drug-likeness (QED) is 0.858. The Morgan fingerprint density at radius 1 is 1.26 bits per heavy atom. The van der Waals surface area contributed by atoms with E-state index in [-0.39, 0.29) is 12.5 Å². The number of nitrogens with one attached hydrogen (secondary N) is 2. The van der Waals surface area contributed by atoms with Gasteiger partial charge in [0.05, 0.1) is 4.47 Å². The first kappa shape index (κ1) is 13.7. The third-order valence-electron chi connectivity index (χ3n) is 2.57. The third kappa shape index (κ3) is 4.44. The lowest BCUT2D eigenvalue weighted by Crippen LogP contribution is -2.30. The summed E-state index contributed by atoms with van der Waals surface area (Å²) in [4.78, 5) is 14.7. The Kier molecular flexibility index (Phi) is 5.03. The molecule has 2 N–H and O–H groups in total. The zero-order valence-corrected chi connectivity index (χ0v) is 11.9. The largest absolute Gasteiger partial charge is 0.483 e. The Morgan fingerprint density at radius 3 is 2.84 bits per heavy atom. The van der Waals surface area contributed by atoms with E-state index in [0.717, 1.165) is 16.6 Å². The van der Waals surface area contributed by atoms with Crippen molar-refractivity contribution in [2.24, 2.45) is 0 Å². The standard InChI is InChI=1S/C14H15BrN2O2/c15-12-5-1-2-6-13(12)19-10-14(18)17-9-7-11-4-3-8-16-11/h1-6,8,16H,7,9-10H2,(H,17,18). The summed E-state index contributed by atoms with van der Waals surface area (Å²) in [5, 5.41) is 2.81. The summed E-state index contributed by atoms with van der Waals surface area (Å²) in [6, 6.07) is 11.4. The number of para-hydroxylation sites is 1. The summed E-state index contributed by atoms with van der Waals surface area (Å²) >= 11 is 3.36. The van der Waals surface area contributed by atoms with Gasteiger partial charge in [0.25, 0.3) is 5.91 Å². The van der Waals surface area contributed by atoms with Crippen molar-refractivity contribution in [2.45, 2.75) is 6.42 Å². The molecule has 1 heterocycles. The van der Waals surface area contributed by atoms with Crippen molar-refractivity contribution in [1.82, 2.24) is 10.3 Å². The number of ether oxygens (including phenoxy) is 1. The first-order valence-corrected chi connectivity index (χ1v) is 6.81. The molecule has 0 spiro atoms. The Balaban J connectivity index is 1.69. The van der Waals surface area contributed by atoms with Gasteiger partial charge in [-0.15, -0.1) is 0 Å². The Labute approximate surface area is 120 Å². The van der Waals surface area contributed by atoms with E-state index in [1.807, 2.05) is 42.6 Å². The summed E-state index contributed by atoms with van der Waals surface area (Å²) in [6.07, 6.45) is 2.65. The number of H-pyrrole nitrogens is 1. The summed E-state index contributed by atoms with van der Waals surface area (Å²) in [6.45, 7) is 0.617. The lowest BCUT2D eigenvalue weighted by molar-refractivity contribution is -0.123. The van der Waals surface area contributed by atoms with Gasteiger partial charge in [0.1, 0.15) is 5.75 Å². The van der Waals surface area contributed by atoms with Crippen molar-refractivity contribution in [3.05, 3.63) is 52.8 Å². The fourth-order valence-corrected chi connectivity index (χ4v) is 2.01. The zero-order chi connectivity index (χ0) is 13.5. The van der Waals surface area contributed by atoms with E-state index in [9.17, 15) is 4.79 Å². The second kappa shape index (κ2) is 6.99. The van der Waals surface area contributed by atoms with Crippen LogP contribution in [0, 0.1) is 0 Å². The first-order chi connectivity index (χ1) is 9.25. The molecule has 0 radical (unpaired) electrons. The van der Waals surface area contributed by atoms with Crippen molar-refractivity contribution < 1.29 is 9.53 Å². The maximum Gasteiger partial charge on any atom is 0.257 e. The average Bonchev–Trinajstić information content (AvgIpc) is 2.91. The highest BCUT2D eigenvalue weighted by molar-refractivity contribution is 9.10. The molecule has 19 heavy (non-hydrogen) atoms. The molecule has 1 amide bonds. The number of hydrogen-bond donors (Lipinski definition) is 2. The molecule has 100 valence electrons. The summed E-state index contributed by atoms with van der Waals surface area (Å²) < 4.78 is 6.26. The maximum atomic E-state index is 11.6. The van der Waals surface area contributed by atoms with E-state index in [2.05, 4.69) is 26.2 Å². The number of benzene rings is 1. The molecule has 0 atom stereocenters. The lowest BCUT2D eigenvalue weighted by atomic mass is 10.3. The molecule has 2 rings (SSSR count). The second-order valence-corrected chi connectivity index (χ2v) is 4.87. The van der Waals surface area contributed by atoms with Crippen molar-refractivity contribution in [2.75, 3.05) is 13.2 Å². The van der Waals surface area contributed by atoms with E-state index in [1.165, 1.54) is 0 Å². The van der Waals surface area contributed by atoms with Gasteiger partial charge >= 0.3 is 0 Å². The van der Waals surface area contributed by atoms with Gasteiger partial charge in [-0.3, -0.25) is 4.79 Å². The predicted molar refractivity (Wildman–Crippen MR) is 77.1 cm³/mol. The van der Waals surface area contributed by atoms with Crippen LogP contribution in [0.15, 0.2) is 47.1 Å². The van der Waals surface area contributed by atoms with Crippen LogP contribution >= 0.6 is 15.9 Å². The van der Waals surface area contributed by atoms with E-state index < -0.39 is 0 Å². The molecular formula is C14H15BrN2O2. The molecule has 5 heteroatoms. The van der Waals surface area contributed by atoms with Gasteiger partial charge in [0.15, 0.2) is 6.61 Å². The van der Waals surface area contributed by atoms with Gasteiger partial charge in [-0.25, -0.2) is 0 Å². The van der Waals surface area contributed by atoms with Crippen molar-refractivity contribution >= 4 is 21.8 Å². The first-order valence-electron chi connectivity index (χ1n) is 6.02. The van der Waals surface area contributed by atoms with Gasteiger partial charge in [-0.2, -0.15) is 0 Å². The number of carbonyl (C=O) groups is 1. The Hall–Kier alpha value is -1.75. The number of rotatable bonds is 6. The molecule has 0 unspecified atom stereocenters. The average molecular weight is 323 g/mol. The Bertz CT molecular complexity index is 526. The number of aromatic nitrogens is 1. The van der Waals surface area contributed by atoms with E-state index in [0.29, 0.717) is 12.3 Å². The summed E-state index contributed by atoms with van der Waals surface area (Å²) in [5.41, 5.74) is 1.10. The molecule has 0 saturated heterocycles. The summed E-state index contributed by atoms with van der Waals surface area (Å²) in [5.74, 6) is 0.546. The highest BCUT2D eigenvalue weighted by atomic mass is 79.9. The normalized spacial score (nSPS) is 10.2. The number of aromatic amines is 1. The van der Waals surface area contributed by atoms with Crippen LogP contribution in [0.5, 0.6) is 5.75 Å². The molecule has 0 saturated carbocycles. The van der Waals surface area contributed by atoms with Crippen LogP contribution in [0.2, 0.25) is 0 Å². The smallest absolute Gasteiger partial charge is 0.257 e. The molecule has 0 fully saturated rings. The van der Waals surface area contributed by atoms with Crippen molar-refractivity contribution in [3.63, 3.8) is 0 Å². The van der Waals surface area contributed by atoms with Crippen molar-refractivity contribution in [3.8, 4) is 5.75 Å². The topological polar surface area (TPSA) is 54.1 Å². The van der Waals surface area contributed by atoms with Crippen molar-refractivity contribution in [1.29, 1.82) is 0 Å². The molecule has 0 aliphatic carbocycles. The minimum Gasteiger partial charge on any atom is -0.483 e. The maximum absolute atomic E-state index is 11.6. The lowest BCUT2D eigenvalue weighted by Gasteiger charge is -2.08. The highest BCUT2D eigenvalue weighted by Gasteiger charge is 2.04. The predicted octanol–water partition coefficient (Wildman–Crippen LogP) is 2.51. The SMILES string of the molecule is O=C(COc1ccccc1Br)NCCc1ccc[nH]1. The van der Waals surface area contributed by atoms with Crippen LogP contribution < -0.4 is 10.1 Å². The number of carbonyl (C=O) groups excluding carboxylic acids is 1. The monoisotopic (exact) mass is 322 g/mol. The third-order valence-corrected chi connectivity index (χ3v) is 3.23. The van der Waals surface area contributed by atoms with Crippen LogP contribution in [-0.4, -0.2) is 24.0 Å². The van der Waals surface area contributed by atoms with Crippen LogP contribution in [0.25, 0.3) is 0 Å². The number of amides is 1. The van der Waals surface area contributed by atoms with Gasteiger partial charge < -0.3 is 15.0 Å². The molecule has 0 aliphatic heterocycles. The molecule has 0 aliphatic rings. The van der Waals surface area contributed by atoms with Crippen LogP contribution in [0.4, 0.5) is 0 Å². The number of hydrogen-bond acceptors (Lipinski definition) is 2. The van der Waals surface area contributed by atoms with E-state index >= 15 is 0 Å². The summed E-state index contributed by atoms with van der Waals surface area (Å²) in [7, 11) is 0. The van der Waals surface area contributed by atoms with E-state index in [4.69, 9.17) is 4.74 Å². The van der Waals surface area contributed by atoms with Gasteiger partial charge in [0.2, 0.25) is 0 Å².